The maximum absolute atomic E-state index is 6.26. The number of aryl methyl sites for hydroxylation is 1. The van der Waals surface area contributed by atoms with Gasteiger partial charge >= 0.3 is 0 Å². The number of anilines is 2. The van der Waals surface area contributed by atoms with Gasteiger partial charge < -0.3 is 20.1 Å². The molecule has 2 rings (SSSR count). The van der Waals surface area contributed by atoms with Crippen molar-refractivity contribution in [2.75, 3.05) is 44.6 Å². The van der Waals surface area contributed by atoms with Crippen molar-refractivity contribution in [2.24, 2.45) is 0 Å². The number of aromatic nitrogens is 1. The molecule has 1 heterocycles. The van der Waals surface area contributed by atoms with Crippen LogP contribution in [0.2, 0.25) is 0 Å². The Labute approximate surface area is 129 Å². The molecule has 0 bridgehead atoms. The van der Waals surface area contributed by atoms with Crippen LogP contribution in [0.5, 0.6) is 0 Å². The molecule has 1 unspecified atom stereocenters. The zero-order valence-corrected chi connectivity index (χ0v) is 13.9. The van der Waals surface area contributed by atoms with Gasteiger partial charge in [-0.15, -0.1) is 11.3 Å². The zero-order chi connectivity index (χ0) is 15.4. The van der Waals surface area contributed by atoms with Crippen molar-refractivity contribution in [1.82, 2.24) is 4.98 Å². The molecule has 0 aliphatic carbocycles. The Kier molecular flexibility index (Phi) is 5.39. The number of benzene rings is 1. The van der Waals surface area contributed by atoms with Crippen LogP contribution in [0.25, 0.3) is 10.2 Å². The molecule has 2 N–H and O–H groups in total. The highest BCUT2D eigenvalue weighted by Gasteiger charge is 2.18. The standard InChI is InChI=1S/C15H23N3O2S/c1-10(9-20-4)18(5-6-19-3)14-8-13-15(7-12(14)16)21-11(2)17-13/h7-8,10H,5-6,9,16H2,1-4H3. The van der Waals surface area contributed by atoms with Gasteiger partial charge in [-0.2, -0.15) is 0 Å². The fraction of sp³-hybridized carbons (Fsp3) is 0.533. The normalized spacial score (nSPS) is 12.8. The molecule has 21 heavy (non-hydrogen) atoms. The molecule has 6 heteroatoms. The van der Waals surface area contributed by atoms with Crippen LogP contribution in [0, 0.1) is 6.92 Å². The van der Waals surface area contributed by atoms with Crippen molar-refractivity contribution < 1.29 is 9.47 Å². The van der Waals surface area contributed by atoms with E-state index in [1.54, 1.807) is 25.6 Å². The van der Waals surface area contributed by atoms with Crippen LogP contribution in [0.4, 0.5) is 11.4 Å². The monoisotopic (exact) mass is 309 g/mol. The van der Waals surface area contributed by atoms with E-state index in [2.05, 4.69) is 22.9 Å². The summed E-state index contributed by atoms with van der Waals surface area (Å²) in [6.07, 6.45) is 0. The molecule has 5 nitrogen and oxygen atoms in total. The van der Waals surface area contributed by atoms with Gasteiger partial charge in [0.1, 0.15) is 0 Å². The molecule has 0 saturated carbocycles. The first-order valence-corrected chi connectivity index (χ1v) is 7.79. The molecule has 0 radical (unpaired) electrons. The summed E-state index contributed by atoms with van der Waals surface area (Å²) in [6.45, 7) is 6.17. The summed E-state index contributed by atoms with van der Waals surface area (Å²) >= 11 is 1.66. The van der Waals surface area contributed by atoms with Crippen LogP contribution < -0.4 is 10.6 Å². The average molecular weight is 309 g/mol. The van der Waals surface area contributed by atoms with Crippen LogP contribution in [0.15, 0.2) is 12.1 Å². The molecule has 0 aliphatic rings. The highest BCUT2D eigenvalue weighted by molar-refractivity contribution is 7.18. The lowest BCUT2D eigenvalue weighted by atomic mass is 10.2. The number of nitrogens with two attached hydrogens (primary N) is 1. The molecule has 0 amide bonds. The maximum Gasteiger partial charge on any atom is 0.0907 e. The number of hydrogen-bond acceptors (Lipinski definition) is 6. The topological polar surface area (TPSA) is 60.6 Å². The second-order valence-corrected chi connectivity index (χ2v) is 6.34. The van der Waals surface area contributed by atoms with E-state index in [1.165, 1.54) is 0 Å². The first-order chi connectivity index (χ1) is 10.1. The summed E-state index contributed by atoms with van der Waals surface area (Å²) in [6, 6.07) is 4.29. The van der Waals surface area contributed by atoms with Gasteiger partial charge in [-0.05, 0) is 26.0 Å². The number of hydrogen-bond donors (Lipinski definition) is 1. The molecule has 0 fully saturated rings. The summed E-state index contributed by atoms with van der Waals surface area (Å²) in [7, 11) is 3.41. The Morgan fingerprint density at radius 1 is 1.33 bits per heavy atom. The Hall–Kier alpha value is -1.37. The molecule has 2 aromatic rings. The highest BCUT2D eigenvalue weighted by Crippen LogP contribution is 2.33. The number of thiazole rings is 1. The van der Waals surface area contributed by atoms with Gasteiger partial charge in [0.25, 0.3) is 0 Å². The molecule has 1 aromatic heterocycles. The SMILES string of the molecule is COCCN(c1cc2nc(C)sc2cc1N)C(C)COC. The van der Waals surface area contributed by atoms with E-state index in [1.807, 2.05) is 13.0 Å². The van der Waals surface area contributed by atoms with Gasteiger partial charge in [-0.1, -0.05) is 0 Å². The summed E-state index contributed by atoms with van der Waals surface area (Å²) in [5.74, 6) is 0. The predicted octanol–water partition coefficient (Wildman–Crippen LogP) is 2.67. The molecule has 116 valence electrons. The van der Waals surface area contributed by atoms with Crippen LogP contribution in [0.1, 0.15) is 11.9 Å². The van der Waals surface area contributed by atoms with Crippen molar-refractivity contribution in [2.45, 2.75) is 19.9 Å². The fourth-order valence-corrected chi connectivity index (χ4v) is 3.30. The van der Waals surface area contributed by atoms with Crippen molar-refractivity contribution >= 4 is 32.9 Å². The third-order valence-electron chi connectivity index (χ3n) is 3.43. The first-order valence-electron chi connectivity index (χ1n) is 6.98. The minimum absolute atomic E-state index is 0.213. The molecular weight excluding hydrogens is 286 g/mol. The number of methoxy groups -OCH3 is 2. The van der Waals surface area contributed by atoms with Gasteiger partial charge in [0.05, 0.1) is 39.8 Å². The van der Waals surface area contributed by atoms with Gasteiger partial charge in [0.15, 0.2) is 0 Å². The van der Waals surface area contributed by atoms with Crippen molar-refractivity contribution in [3.63, 3.8) is 0 Å². The van der Waals surface area contributed by atoms with E-state index in [4.69, 9.17) is 15.2 Å². The zero-order valence-electron chi connectivity index (χ0n) is 13.0. The van der Waals surface area contributed by atoms with Crippen molar-refractivity contribution in [3.8, 4) is 0 Å². The van der Waals surface area contributed by atoms with E-state index in [-0.39, 0.29) is 6.04 Å². The van der Waals surface area contributed by atoms with Gasteiger partial charge in [0, 0.05) is 26.8 Å². The van der Waals surface area contributed by atoms with Crippen LogP contribution >= 0.6 is 11.3 Å². The van der Waals surface area contributed by atoms with E-state index in [9.17, 15) is 0 Å². The summed E-state index contributed by atoms with van der Waals surface area (Å²) in [5.41, 5.74) is 9.02. The number of rotatable bonds is 7. The van der Waals surface area contributed by atoms with Gasteiger partial charge in [-0.3, -0.25) is 0 Å². The van der Waals surface area contributed by atoms with Crippen LogP contribution in [-0.2, 0) is 9.47 Å². The maximum atomic E-state index is 6.26. The fourth-order valence-electron chi connectivity index (χ4n) is 2.44. The lowest BCUT2D eigenvalue weighted by Crippen LogP contribution is -2.39. The number of nitrogen functional groups attached to an aromatic ring is 1. The molecule has 0 saturated heterocycles. The second-order valence-electron chi connectivity index (χ2n) is 5.10. The highest BCUT2D eigenvalue weighted by atomic mass is 32.1. The molecule has 1 atom stereocenters. The minimum Gasteiger partial charge on any atom is -0.397 e. The average Bonchev–Trinajstić information content (AvgIpc) is 2.78. The van der Waals surface area contributed by atoms with Gasteiger partial charge in [-0.25, -0.2) is 4.98 Å². The quantitative estimate of drug-likeness (QED) is 0.797. The lowest BCUT2D eigenvalue weighted by molar-refractivity contribution is 0.171. The van der Waals surface area contributed by atoms with Crippen LogP contribution in [-0.4, -0.2) is 45.0 Å². The minimum atomic E-state index is 0.213. The Bertz CT molecular complexity index is 600. The van der Waals surface area contributed by atoms with E-state index in [0.717, 1.165) is 33.1 Å². The third-order valence-corrected chi connectivity index (χ3v) is 4.36. The van der Waals surface area contributed by atoms with Crippen molar-refractivity contribution in [3.05, 3.63) is 17.1 Å². The smallest absolute Gasteiger partial charge is 0.0907 e. The lowest BCUT2D eigenvalue weighted by Gasteiger charge is -2.31. The molecule has 1 aromatic carbocycles. The van der Waals surface area contributed by atoms with Crippen LogP contribution in [0.3, 0.4) is 0 Å². The predicted molar refractivity (Wildman–Crippen MR) is 89.3 cm³/mol. The number of fused-ring (bicyclic) bond motifs is 1. The Morgan fingerprint density at radius 3 is 2.76 bits per heavy atom. The third kappa shape index (κ3) is 3.64. The Morgan fingerprint density at radius 2 is 2.10 bits per heavy atom. The first kappa shape index (κ1) is 16.0. The Balaban J connectivity index is 2.39. The molecule has 0 spiro atoms. The number of nitrogens with zero attached hydrogens (tertiary/aromatic N) is 2. The number of ether oxygens (including phenoxy) is 2. The summed E-state index contributed by atoms with van der Waals surface area (Å²) in [4.78, 5) is 6.78. The van der Waals surface area contributed by atoms with E-state index in [0.29, 0.717) is 13.2 Å². The second kappa shape index (κ2) is 7.06. The van der Waals surface area contributed by atoms with E-state index >= 15 is 0 Å². The van der Waals surface area contributed by atoms with E-state index < -0.39 is 0 Å². The molecular formula is C15H23N3O2S. The largest absolute Gasteiger partial charge is 0.397 e. The molecule has 0 aliphatic heterocycles. The van der Waals surface area contributed by atoms with Gasteiger partial charge in [0.2, 0.25) is 0 Å². The summed E-state index contributed by atoms with van der Waals surface area (Å²) in [5, 5.41) is 1.05. The summed E-state index contributed by atoms with van der Waals surface area (Å²) < 4.78 is 11.6. The van der Waals surface area contributed by atoms with Crippen molar-refractivity contribution in [1.29, 1.82) is 0 Å².